The van der Waals surface area contributed by atoms with Crippen molar-refractivity contribution in [2.24, 2.45) is 0 Å². The van der Waals surface area contributed by atoms with Gasteiger partial charge in [-0.15, -0.1) is 0 Å². The largest absolute Gasteiger partial charge is 0.497 e. The van der Waals surface area contributed by atoms with E-state index in [2.05, 4.69) is 15.5 Å². The molecule has 2 aliphatic carbocycles. The van der Waals surface area contributed by atoms with Gasteiger partial charge in [0, 0.05) is 23.6 Å². The van der Waals surface area contributed by atoms with Crippen molar-refractivity contribution < 1.29 is 18.8 Å². The molecule has 7 heteroatoms. The molecule has 3 aromatic rings. The van der Waals surface area contributed by atoms with Gasteiger partial charge in [-0.05, 0) is 43.9 Å². The van der Waals surface area contributed by atoms with Crippen LogP contribution in [-0.2, 0) is 0 Å². The van der Waals surface area contributed by atoms with Gasteiger partial charge in [-0.3, -0.25) is 4.79 Å². The molecule has 0 aliphatic heterocycles. The lowest BCUT2D eigenvalue weighted by molar-refractivity contribution is 0.102. The van der Waals surface area contributed by atoms with Gasteiger partial charge in [-0.2, -0.15) is 0 Å². The van der Waals surface area contributed by atoms with Crippen LogP contribution < -0.4 is 14.8 Å². The summed E-state index contributed by atoms with van der Waals surface area (Å²) in [4.78, 5) is 17.9. The SMILES string of the molecule is COc1ccc(OC)c(NC(=O)c2cc(C3CC3)nc3onc(C4CC4)c23)c1. The molecule has 2 aromatic heterocycles. The van der Waals surface area contributed by atoms with Crippen LogP contribution in [0.3, 0.4) is 0 Å². The van der Waals surface area contributed by atoms with Crippen molar-refractivity contribution in [3.63, 3.8) is 0 Å². The highest BCUT2D eigenvalue weighted by atomic mass is 16.5. The van der Waals surface area contributed by atoms with Crippen LogP contribution in [0.1, 0.15) is 59.3 Å². The second-order valence-corrected chi connectivity index (χ2v) is 7.41. The van der Waals surface area contributed by atoms with E-state index in [-0.39, 0.29) is 5.91 Å². The Morgan fingerprint density at radius 2 is 1.89 bits per heavy atom. The molecule has 1 aromatic carbocycles. The molecule has 0 unspecified atom stereocenters. The summed E-state index contributed by atoms with van der Waals surface area (Å²) in [6.07, 6.45) is 4.31. The summed E-state index contributed by atoms with van der Waals surface area (Å²) in [5.41, 5.74) is 3.30. The van der Waals surface area contributed by atoms with Crippen molar-refractivity contribution in [2.75, 3.05) is 19.5 Å². The molecule has 0 saturated heterocycles. The fraction of sp³-hybridized carbons (Fsp3) is 0.381. The summed E-state index contributed by atoms with van der Waals surface area (Å²) < 4.78 is 16.2. The Morgan fingerprint density at radius 1 is 1.11 bits per heavy atom. The molecule has 2 saturated carbocycles. The Labute approximate surface area is 162 Å². The second-order valence-electron chi connectivity index (χ2n) is 7.41. The van der Waals surface area contributed by atoms with Gasteiger partial charge < -0.3 is 19.3 Å². The Hall–Kier alpha value is -3.09. The number of carbonyl (C=O) groups excluding carboxylic acids is 1. The molecule has 2 heterocycles. The van der Waals surface area contributed by atoms with Crippen LogP contribution in [0.25, 0.3) is 11.1 Å². The van der Waals surface area contributed by atoms with Gasteiger partial charge in [0.05, 0.1) is 36.6 Å². The number of anilines is 1. The summed E-state index contributed by atoms with van der Waals surface area (Å²) in [5, 5.41) is 7.92. The van der Waals surface area contributed by atoms with Crippen LogP contribution in [0.5, 0.6) is 11.5 Å². The molecule has 1 amide bonds. The van der Waals surface area contributed by atoms with E-state index in [4.69, 9.17) is 14.0 Å². The number of benzene rings is 1. The highest BCUT2D eigenvalue weighted by molar-refractivity contribution is 6.13. The van der Waals surface area contributed by atoms with Gasteiger partial charge in [-0.25, -0.2) is 4.98 Å². The standard InChI is InChI=1S/C21H21N3O4/c1-26-13-7-8-17(27-2)16(9-13)22-20(25)14-10-15(11-3-4-11)23-21-18(14)19(24-28-21)12-5-6-12/h7-12H,3-6H2,1-2H3,(H,22,25). The number of fused-ring (bicyclic) bond motifs is 1. The molecule has 5 rings (SSSR count). The van der Waals surface area contributed by atoms with Crippen LogP contribution in [0.15, 0.2) is 28.8 Å². The molecular weight excluding hydrogens is 358 g/mol. The number of hydrogen-bond donors (Lipinski definition) is 1. The first-order chi connectivity index (χ1) is 13.7. The molecule has 0 atom stereocenters. The molecule has 0 spiro atoms. The van der Waals surface area contributed by atoms with E-state index in [1.807, 2.05) is 6.07 Å². The second kappa shape index (κ2) is 6.51. The third-order valence-corrected chi connectivity index (χ3v) is 5.35. The number of aromatic nitrogens is 2. The first kappa shape index (κ1) is 17.0. The van der Waals surface area contributed by atoms with Crippen LogP contribution in [0.4, 0.5) is 5.69 Å². The number of amides is 1. The molecule has 2 aliphatic rings. The van der Waals surface area contributed by atoms with Crippen molar-refractivity contribution in [1.82, 2.24) is 10.1 Å². The predicted octanol–water partition coefficient (Wildman–Crippen LogP) is 4.25. The maximum Gasteiger partial charge on any atom is 0.259 e. The number of nitrogens with zero attached hydrogens (tertiary/aromatic N) is 2. The zero-order valence-electron chi connectivity index (χ0n) is 15.8. The van der Waals surface area contributed by atoms with E-state index in [0.717, 1.165) is 42.5 Å². The highest BCUT2D eigenvalue weighted by Gasteiger charge is 2.34. The average Bonchev–Trinajstić information content (AvgIpc) is 3.64. The van der Waals surface area contributed by atoms with E-state index in [0.29, 0.717) is 40.3 Å². The Kier molecular flexibility index (Phi) is 3.96. The van der Waals surface area contributed by atoms with Gasteiger partial charge >= 0.3 is 0 Å². The first-order valence-corrected chi connectivity index (χ1v) is 9.51. The summed E-state index contributed by atoms with van der Waals surface area (Å²) in [7, 11) is 3.15. The maximum absolute atomic E-state index is 13.3. The minimum Gasteiger partial charge on any atom is -0.497 e. The van der Waals surface area contributed by atoms with E-state index in [1.165, 1.54) is 0 Å². The van der Waals surface area contributed by atoms with Gasteiger partial charge in [0.15, 0.2) is 0 Å². The zero-order valence-corrected chi connectivity index (χ0v) is 15.8. The van der Waals surface area contributed by atoms with Gasteiger partial charge in [0.25, 0.3) is 11.6 Å². The first-order valence-electron chi connectivity index (χ1n) is 9.51. The fourth-order valence-electron chi connectivity index (χ4n) is 3.50. The molecule has 144 valence electrons. The molecular formula is C21H21N3O4. The summed E-state index contributed by atoms with van der Waals surface area (Å²) in [5.74, 6) is 1.73. The van der Waals surface area contributed by atoms with Crippen LogP contribution in [0.2, 0.25) is 0 Å². The zero-order chi connectivity index (χ0) is 19.3. The summed E-state index contributed by atoms with van der Waals surface area (Å²) >= 11 is 0. The number of hydrogen-bond acceptors (Lipinski definition) is 6. The van der Waals surface area contributed by atoms with E-state index in [1.54, 1.807) is 32.4 Å². The lowest BCUT2D eigenvalue weighted by Gasteiger charge is -2.13. The molecule has 7 nitrogen and oxygen atoms in total. The van der Waals surface area contributed by atoms with Crippen LogP contribution in [-0.4, -0.2) is 30.3 Å². The van der Waals surface area contributed by atoms with Gasteiger partial charge in [0.1, 0.15) is 11.5 Å². The number of nitrogens with one attached hydrogen (secondary N) is 1. The Bertz CT molecular complexity index is 1070. The normalized spacial score (nSPS) is 16.2. The van der Waals surface area contributed by atoms with Crippen LogP contribution >= 0.6 is 0 Å². The minimum atomic E-state index is -0.231. The monoisotopic (exact) mass is 379 g/mol. The molecule has 1 N–H and O–H groups in total. The summed E-state index contributed by atoms with van der Waals surface area (Å²) in [6, 6.07) is 7.19. The van der Waals surface area contributed by atoms with Crippen molar-refractivity contribution in [3.8, 4) is 11.5 Å². The smallest absolute Gasteiger partial charge is 0.259 e. The Morgan fingerprint density at radius 3 is 2.57 bits per heavy atom. The lowest BCUT2D eigenvalue weighted by Crippen LogP contribution is -2.14. The van der Waals surface area contributed by atoms with Crippen molar-refractivity contribution >= 4 is 22.7 Å². The lowest BCUT2D eigenvalue weighted by atomic mass is 10.0. The fourth-order valence-corrected chi connectivity index (χ4v) is 3.50. The predicted molar refractivity (Wildman–Crippen MR) is 103 cm³/mol. The quantitative estimate of drug-likeness (QED) is 0.689. The van der Waals surface area contributed by atoms with E-state index < -0.39 is 0 Å². The van der Waals surface area contributed by atoms with Crippen molar-refractivity contribution in [1.29, 1.82) is 0 Å². The number of pyridine rings is 1. The number of carbonyl (C=O) groups is 1. The number of ether oxygens (including phenoxy) is 2. The van der Waals surface area contributed by atoms with E-state index >= 15 is 0 Å². The molecule has 2 fully saturated rings. The Balaban J connectivity index is 1.58. The minimum absolute atomic E-state index is 0.231. The number of rotatable bonds is 6. The third-order valence-electron chi connectivity index (χ3n) is 5.35. The van der Waals surface area contributed by atoms with Crippen LogP contribution in [0, 0.1) is 0 Å². The topological polar surface area (TPSA) is 86.5 Å². The average molecular weight is 379 g/mol. The third kappa shape index (κ3) is 2.96. The van der Waals surface area contributed by atoms with Crippen molar-refractivity contribution in [3.05, 3.63) is 41.2 Å². The van der Waals surface area contributed by atoms with Gasteiger partial charge in [0.2, 0.25) is 0 Å². The van der Waals surface area contributed by atoms with E-state index in [9.17, 15) is 4.79 Å². The molecule has 0 bridgehead atoms. The molecule has 28 heavy (non-hydrogen) atoms. The van der Waals surface area contributed by atoms with Crippen molar-refractivity contribution in [2.45, 2.75) is 37.5 Å². The maximum atomic E-state index is 13.3. The van der Waals surface area contributed by atoms with Gasteiger partial charge in [-0.1, -0.05) is 5.16 Å². The highest BCUT2D eigenvalue weighted by Crippen LogP contribution is 2.45. The molecule has 0 radical (unpaired) electrons. The summed E-state index contributed by atoms with van der Waals surface area (Å²) in [6.45, 7) is 0. The number of methoxy groups -OCH3 is 2.